The lowest BCUT2D eigenvalue weighted by Crippen LogP contribution is -1.99. The van der Waals surface area contributed by atoms with E-state index in [4.69, 9.17) is 5.73 Å². The Balaban J connectivity index is 2.60. The number of benzene rings is 1. The summed E-state index contributed by atoms with van der Waals surface area (Å²) in [5, 5.41) is 4.19. The second-order valence-corrected chi connectivity index (χ2v) is 4.36. The summed E-state index contributed by atoms with van der Waals surface area (Å²) in [5.74, 6) is -1.75. The van der Waals surface area contributed by atoms with Crippen molar-refractivity contribution in [3.8, 4) is 11.3 Å². The standard InChI is InChI=1S/C11H10BrF2N3/c1-17-11(10(12)9(5-15)16-17)6-2-3-7(13)8(14)4-6/h2-4H,5,15H2,1H3. The maximum Gasteiger partial charge on any atom is 0.159 e. The van der Waals surface area contributed by atoms with Crippen LogP contribution in [0.1, 0.15) is 5.69 Å². The van der Waals surface area contributed by atoms with E-state index in [0.29, 0.717) is 21.4 Å². The number of nitrogens with zero attached hydrogens (tertiary/aromatic N) is 2. The third-order valence-electron chi connectivity index (χ3n) is 2.44. The van der Waals surface area contributed by atoms with Gasteiger partial charge in [0.25, 0.3) is 0 Å². The molecule has 0 spiro atoms. The third-order valence-corrected chi connectivity index (χ3v) is 3.28. The van der Waals surface area contributed by atoms with Crippen molar-refractivity contribution in [1.82, 2.24) is 9.78 Å². The van der Waals surface area contributed by atoms with Gasteiger partial charge in [-0.2, -0.15) is 5.10 Å². The molecule has 1 heterocycles. The van der Waals surface area contributed by atoms with E-state index in [9.17, 15) is 8.78 Å². The summed E-state index contributed by atoms with van der Waals surface area (Å²) in [6.07, 6.45) is 0. The fourth-order valence-corrected chi connectivity index (χ4v) is 2.37. The molecule has 6 heteroatoms. The number of rotatable bonds is 2. The SMILES string of the molecule is Cn1nc(CN)c(Br)c1-c1ccc(F)c(F)c1. The van der Waals surface area contributed by atoms with E-state index in [2.05, 4.69) is 21.0 Å². The number of aryl methyl sites for hydroxylation is 1. The Morgan fingerprint density at radius 1 is 1.35 bits per heavy atom. The summed E-state index contributed by atoms with van der Waals surface area (Å²) in [6, 6.07) is 3.73. The molecule has 0 radical (unpaired) electrons. The van der Waals surface area contributed by atoms with Crippen molar-refractivity contribution in [3.05, 3.63) is 40.0 Å². The van der Waals surface area contributed by atoms with Gasteiger partial charge < -0.3 is 5.73 Å². The van der Waals surface area contributed by atoms with Crippen molar-refractivity contribution in [2.24, 2.45) is 12.8 Å². The molecule has 1 aromatic heterocycles. The highest BCUT2D eigenvalue weighted by molar-refractivity contribution is 9.10. The van der Waals surface area contributed by atoms with Gasteiger partial charge in [0.2, 0.25) is 0 Å². The Morgan fingerprint density at radius 2 is 2.06 bits per heavy atom. The highest BCUT2D eigenvalue weighted by Gasteiger charge is 2.15. The maximum atomic E-state index is 13.2. The van der Waals surface area contributed by atoms with Gasteiger partial charge in [0.15, 0.2) is 11.6 Å². The van der Waals surface area contributed by atoms with Gasteiger partial charge in [-0.3, -0.25) is 4.68 Å². The Labute approximate surface area is 105 Å². The molecule has 90 valence electrons. The Hall–Kier alpha value is -1.27. The molecule has 0 aliphatic rings. The molecule has 0 saturated carbocycles. The van der Waals surface area contributed by atoms with Gasteiger partial charge in [0.05, 0.1) is 15.9 Å². The van der Waals surface area contributed by atoms with E-state index < -0.39 is 11.6 Å². The van der Waals surface area contributed by atoms with E-state index in [-0.39, 0.29) is 6.54 Å². The number of aromatic nitrogens is 2. The first-order valence-electron chi connectivity index (χ1n) is 4.91. The van der Waals surface area contributed by atoms with Crippen LogP contribution < -0.4 is 5.73 Å². The van der Waals surface area contributed by atoms with Crippen molar-refractivity contribution in [3.63, 3.8) is 0 Å². The van der Waals surface area contributed by atoms with Gasteiger partial charge in [-0.05, 0) is 34.1 Å². The normalized spacial score (nSPS) is 10.9. The lowest BCUT2D eigenvalue weighted by Gasteiger charge is -2.03. The molecular weight excluding hydrogens is 292 g/mol. The van der Waals surface area contributed by atoms with Crippen LogP contribution in [0.25, 0.3) is 11.3 Å². The largest absolute Gasteiger partial charge is 0.325 e. The van der Waals surface area contributed by atoms with Gasteiger partial charge in [0, 0.05) is 19.2 Å². The first-order valence-corrected chi connectivity index (χ1v) is 5.70. The highest BCUT2D eigenvalue weighted by Crippen LogP contribution is 2.31. The first-order chi connectivity index (χ1) is 8.04. The zero-order valence-electron chi connectivity index (χ0n) is 9.04. The lowest BCUT2D eigenvalue weighted by molar-refractivity contribution is 0.509. The first kappa shape index (κ1) is 12.2. The summed E-state index contributed by atoms with van der Waals surface area (Å²) in [5.41, 5.74) is 7.42. The molecule has 0 amide bonds. The average molecular weight is 302 g/mol. The van der Waals surface area contributed by atoms with E-state index in [0.717, 1.165) is 12.1 Å². The van der Waals surface area contributed by atoms with Crippen LogP contribution in [0, 0.1) is 11.6 Å². The maximum absolute atomic E-state index is 13.2. The molecule has 2 N–H and O–H groups in total. The van der Waals surface area contributed by atoms with Crippen LogP contribution in [0.2, 0.25) is 0 Å². The van der Waals surface area contributed by atoms with Crippen LogP contribution in [-0.4, -0.2) is 9.78 Å². The second kappa shape index (κ2) is 4.54. The number of hydrogen-bond acceptors (Lipinski definition) is 2. The smallest absolute Gasteiger partial charge is 0.159 e. The van der Waals surface area contributed by atoms with E-state index in [1.165, 1.54) is 6.07 Å². The molecule has 1 aromatic carbocycles. The molecule has 0 bridgehead atoms. The van der Waals surface area contributed by atoms with E-state index >= 15 is 0 Å². The third kappa shape index (κ3) is 2.10. The van der Waals surface area contributed by atoms with Crippen LogP contribution in [-0.2, 0) is 13.6 Å². The topological polar surface area (TPSA) is 43.8 Å². The molecule has 2 aromatic rings. The van der Waals surface area contributed by atoms with E-state index in [1.54, 1.807) is 11.7 Å². The van der Waals surface area contributed by atoms with Crippen molar-refractivity contribution < 1.29 is 8.78 Å². The zero-order valence-corrected chi connectivity index (χ0v) is 10.6. The summed E-state index contributed by atoms with van der Waals surface area (Å²) < 4.78 is 28.3. The summed E-state index contributed by atoms with van der Waals surface area (Å²) >= 11 is 3.36. The van der Waals surface area contributed by atoms with Crippen LogP contribution in [0.4, 0.5) is 8.78 Å². The Morgan fingerprint density at radius 3 is 2.59 bits per heavy atom. The van der Waals surface area contributed by atoms with E-state index in [1.807, 2.05) is 0 Å². The van der Waals surface area contributed by atoms with Crippen molar-refractivity contribution >= 4 is 15.9 Å². The summed E-state index contributed by atoms with van der Waals surface area (Å²) in [4.78, 5) is 0. The van der Waals surface area contributed by atoms with Gasteiger partial charge >= 0.3 is 0 Å². The van der Waals surface area contributed by atoms with Crippen LogP contribution in [0.5, 0.6) is 0 Å². The van der Waals surface area contributed by atoms with Crippen LogP contribution >= 0.6 is 15.9 Å². The molecule has 3 nitrogen and oxygen atoms in total. The van der Waals surface area contributed by atoms with Gasteiger partial charge in [0.1, 0.15) is 0 Å². The Bertz CT molecular complexity index is 566. The minimum Gasteiger partial charge on any atom is -0.325 e. The van der Waals surface area contributed by atoms with Crippen molar-refractivity contribution in [2.75, 3.05) is 0 Å². The number of nitrogens with two attached hydrogens (primary N) is 1. The number of halogens is 3. The fourth-order valence-electron chi connectivity index (χ4n) is 1.64. The molecule has 0 aliphatic carbocycles. The molecule has 0 fully saturated rings. The molecule has 0 aliphatic heterocycles. The predicted octanol–water partition coefficient (Wildman–Crippen LogP) is 2.59. The molecule has 0 unspecified atom stereocenters. The minimum absolute atomic E-state index is 0.276. The minimum atomic E-state index is -0.884. The van der Waals surface area contributed by atoms with Gasteiger partial charge in [-0.25, -0.2) is 8.78 Å². The van der Waals surface area contributed by atoms with Crippen LogP contribution in [0.15, 0.2) is 22.7 Å². The molecule has 0 atom stereocenters. The Kier molecular flexibility index (Phi) is 3.26. The average Bonchev–Trinajstić information content (AvgIpc) is 2.58. The molecule has 17 heavy (non-hydrogen) atoms. The summed E-state index contributed by atoms with van der Waals surface area (Å²) in [6.45, 7) is 0.276. The molecule has 2 rings (SSSR count). The monoisotopic (exact) mass is 301 g/mol. The van der Waals surface area contributed by atoms with Crippen molar-refractivity contribution in [1.29, 1.82) is 0 Å². The van der Waals surface area contributed by atoms with Gasteiger partial charge in [-0.15, -0.1) is 0 Å². The lowest BCUT2D eigenvalue weighted by atomic mass is 10.1. The zero-order chi connectivity index (χ0) is 12.6. The molecule has 0 saturated heterocycles. The van der Waals surface area contributed by atoms with Crippen LogP contribution in [0.3, 0.4) is 0 Å². The number of hydrogen-bond donors (Lipinski definition) is 1. The second-order valence-electron chi connectivity index (χ2n) is 3.57. The van der Waals surface area contributed by atoms with Gasteiger partial charge in [-0.1, -0.05) is 0 Å². The van der Waals surface area contributed by atoms with Crippen molar-refractivity contribution in [2.45, 2.75) is 6.54 Å². The highest BCUT2D eigenvalue weighted by atomic mass is 79.9. The summed E-state index contributed by atoms with van der Waals surface area (Å²) in [7, 11) is 1.72. The molecular formula is C11H10BrF2N3. The predicted molar refractivity (Wildman–Crippen MR) is 64.2 cm³/mol. The quantitative estimate of drug-likeness (QED) is 0.926. The fraction of sp³-hybridized carbons (Fsp3) is 0.182.